The highest BCUT2D eigenvalue weighted by Gasteiger charge is 2.25. The number of rotatable bonds is 7. The molecule has 7 nitrogen and oxygen atoms in total. The second-order valence-corrected chi connectivity index (χ2v) is 6.79. The second-order valence-electron chi connectivity index (χ2n) is 6.38. The molecule has 1 heterocycles. The average Bonchev–Trinajstić information content (AvgIpc) is 2.98. The van der Waals surface area contributed by atoms with Gasteiger partial charge in [0.1, 0.15) is 23.1 Å². The number of hydrogen-bond donors (Lipinski definition) is 3. The summed E-state index contributed by atoms with van der Waals surface area (Å²) in [6.07, 6.45) is 0. The van der Waals surface area contributed by atoms with Gasteiger partial charge in [-0.15, -0.1) is 0 Å². The highest BCUT2D eigenvalue weighted by Crippen LogP contribution is 2.16. The van der Waals surface area contributed by atoms with Crippen molar-refractivity contribution in [3.8, 4) is 0 Å². The average molecular weight is 393 g/mol. The summed E-state index contributed by atoms with van der Waals surface area (Å²) in [7, 11) is 0. The predicted octanol–water partition coefficient (Wildman–Crippen LogP) is 3.01. The Morgan fingerprint density at radius 1 is 1.19 bits per heavy atom. The van der Waals surface area contributed by atoms with Crippen LogP contribution < -0.4 is 10.6 Å². The fourth-order valence-electron chi connectivity index (χ4n) is 2.53. The zero-order valence-corrected chi connectivity index (χ0v) is 16.0. The van der Waals surface area contributed by atoms with Crippen LogP contribution in [0.3, 0.4) is 0 Å². The summed E-state index contributed by atoms with van der Waals surface area (Å²) in [5, 5.41) is 14.7. The van der Waals surface area contributed by atoms with Crippen LogP contribution in [0.15, 0.2) is 34.7 Å². The summed E-state index contributed by atoms with van der Waals surface area (Å²) < 4.78 is 5.33. The Morgan fingerprint density at radius 2 is 1.85 bits per heavy atom. The van der Waals surface area contributed by atoms with E-state index in [0.717, 1.165) is 0 Å². The van der Waals surface area contributed by atoms with Gasteiger partial charge in [0.2, 0.25) is 5.91 Å². The fraction of sp³-hybridized carbons (Fsp3) is 0.316. The van der Waals surface area contributed by atoms with Crippen LogP contribution in [0.1, 0.15) is 46.1 Å². The van der Waals surface area contributed by atoms with E-state index >= 15 is 0 Å². The summed E-state index contributed by atoms with van der Waals surface area (Å²) in [5.74, 6) is -1.55. The Kier molecular flexibility index (Phi) is 6.63. The molecule has 0 aliphatic rings. The van der Waals surface area contributed by atoms with Crippen LogP contribution in [0.5, 0.6) is 0 Å². The van der Waals surface area contributed by atoms with Crippen molar-refractivity contribution in [2.24, 2.45) is 5.92 Å². The second kappa shape index (κ2) is 8.73. The lowest BCUT2D eigenvalue weighted by atomic mass is 10.0. The Balaban J connectivity index is 2.04. The lowest BCUT2D eigenvalue weighted by molar-refractivity contribution is -0.124. The van der Waals surface area contributed by atoms with Gasteiger partial charge in [-0.25, -0.2) is 4.79 Å². The van der Waals surface area contributed by atoms with Crippen molar-refractivity contribution >= 4 is 29.4 Å². The number of aryl methyl sites for hydroxylation is 1. The fourth-order valence-corrected chi connectivity index (χ4v) is 2.75. The molecule has 0 radical (unpaired) electrons. The molecule has 2 aromatic rings. The molecule has 0 saturated heterocycles. The molecular formula is C19H21ClN2O5. The number of carboxylic acids is 1. The third kappa shape index (κ3) is 5.10. The number of hydrogen-bond acceptors (Lipinski definition) is 4. The van der Waals surface area contributed by atoms with Gasteiger partial charge >= 0.3 is 5.97 Å². The highest BCUT2D eigenvalue weighted by molar-refractivity contribution is 6.33. The zero-order valence-electron chi connectivity index (χ0n) is 15.2. The maximum atomic E-state index is 12.5. The number of amides is 2. The number of halogens is 1. The number of benzene rings is 1. The van der Waals surface area contributed by atoms with E-state index in [-0.39, 0.29) is 29.3 Å². The minimum absolute atomic E-state index is 0.0120. The molecule has 0 saturated carbocycles. The standard InChI is InChI=1S/C19H21ClN2O5/c1-10(2)16(22-17(23)13-6-4-5-7-15(13)20)18(24)21-9-12-8-14(19(25)26)11(3)27-12/h4-8,10,16H,9H2,1-3H3,(H,21,24)(H,22,23)(H,25,26). The summed E-state index contributed by atoms with van der Waals surface area (Å²) in [6, 6.07) is 7.15. The SMILES string of the molecule is Cc1oc(CNC(=O)C(NC(=O)c2ccccc2Cl)C(C)C)cc1C(=O)O. The lowest BCUT2D eigenvalue weighted by Gasteiger charge is -2.21. The molecule has 0 spiro atoms. The maximum Gasteiger partial charge on any atom is 0.339 e. The van der Waals surface area contributed by atoms with E-state index in [2.05, 4.69) is 10.6 Å². The molecule has 27 heavy (non-hydrogen) atoms. The van der Waals surface area contributed by atoms with Crippen LogP contribution in [0.25, 0.3) is 0 Å². The van der Waals surface area contributed by atoms with Gasteiger partial charge in [0.05, 0.1) is 17.1 Å². The molecule has 0 bridgehead atoms. The summed E-state index contributed by atoms with van der Waals surface area (Å²) >= 11 is 6.02. The first-order valence-corrected chi connectivity index (χ1v) is 8.74. The van der Waals surface area contributed by atoms with Crippen molar-refractivity contribution in [1.29, 1.82) is 0 Å². The monoisotopic (exact) mass is 392 g/mol. The molecule has 1 aromatic carbocycles. The molecule has 1 aromatic heterocycles. The van der Waals surface area contributed by atoms with Gasteiger partial charge in [-0.3, -0.25) is 9.59 Å². The van der Waals surface area contributed by atoms with Crippen molar-refractivity contribution in [1.82, 2.24) is 10.6 Å². The van der Waals surface area contributed by atoms with Gasteiger partial charge in [0.25, 0.3) is 5.91 Å². The molecule has 1 atom stereocenters. The van der Waals surface area contributed by atoms with Crippen molar-refractivity contribution < 1.29 is 23.9 Å². The molecule has 144 valence electrons. The summed E-state index contributed by atoms with van der Waals surface area (Å²) in [6.45, 7) is 5.15. The van der Waals surface area contributed by atoms with E-state index in [1.807, 2.05) is 0 Å². The third-order valence-corrected chi connectivity index (χ3v) is 4.32. The van der Waals surface area contributed by atoms with Crippen molar-refractivity contribution in [2.75, 3.05) is 0 Å². The Bertz CT molecular complexity index is 860. The first-order valence-electron chi connectivity index (χ1n) is 8.36. The normalized spacial score (nSPS) is 11.9. The first-order chi connectivity index (χ1) is 12.7. The Hall–Kier alpha value is -2.80. The van der Waals surface area contributed by atoms with E-state index in [9.17, 15) is 14.4 Å². The molecule has 2 amide bonds. The predicted molar refractivity (Wildman–Crippen MR) is 99.8 cm³/mol. The maximum absolute atomic E-state index is 12.5. The molecule has 1 unspecified atom stereocenters. The van der Waals surface area contributed by atoms with Crippen LogP contribution >= 0.6 is 11.6 Å². The Labute approximate surface area is 161 Å². The largest absolute Gasteiger partial charge is 0.478 e. The Morgan fingerprint density at radius 3 is 2.41 bits per heavy atom. The van der Waals surface area contributed by atoms with Crippen molar-refractivity contribution in [2.45, 2.75) is 33.4 Å². The molecule has 3 N–H and O–H groups in total. The molecule has 2 rings (SSSR count). The minimum atomic E-state index is -1.10. The quantitative estimate of drug-likeness (QED) is 0.671. The molecule has 0 aliphatic heterocycles. The van der Waals surface area contributed by atoms with Crippen molar-refractivity contribution in [3.63, 3.8) is 0 Å². The lowest BCUT2D eigenvalue weighted by Crippen LogP contribution is -2.49. The van der Waals surface area contributed by atoms with E-state index in [1.165, 1.54) is 13.0 Å². The number of carbonyl (C=O) groups is 3. The van der Waals surface area contributed by atoms with Gasteiger partial charge in [0, 0.05) is 0 Å². The molecular weight excluding hydrogens is 372 g/mol. The smallest absolute Gasteiger partial charge is 0.339 e. The van der Waals surface area contributed by atoms with Gasteiger partial charge in [-0.05, 0) is 31.0 Å². The van der Waals surface area contributed by atoms with Crippen LogP contribution in [-0.2, 0) is 11.3 Å². The van der Waals surface area contributed by atoms with Crippen LogP contribution in [0.2, 0.25) is 5.02 Å². The highest BCUT2D eigenvalue weighted by atomic mass is 35.5. The van der Waals surface area contributed by atoms with Crippen molar-refractivity contribution in [3.05, 3.63) is 58.0 Å². The van der Waals surface area contributed by atoms with E-state index in [0.29, 0.717) is 10.8 Å². The van der Waals surface area contributed by atoms with E-state index < -0.39 is 23.8 Å². The summed E-state index contributed by atoms with van der Waals surface area (Å²) in [5.41, 5.74) is 0.331. The van der Waals surface area contributed by atoms with Gasteiger partial charge in [0.15, 0.2) is 0 Å². The number of furan rings is 1. The molecule has 0 aliphatic carbocycles. The number of nitrogens with one attached hydrogen (secondary N) is 2. The topological polar surface area (TPSA) is 109 Å². The number of carboxylic acid groups (broad SMARTS) is 1. The molecule has 0 fully saturated rings. The molecule has 8 heteroatoms. The van der Waals surface area contributed by atoms with E-state index in [1.54, 1.807) is 38.1 Å². The van der Waals surface area contributed by atoms with Gasteiger partial charge < -0.3 is 20.2 Å². The van der Waals surface area contributed by atoms with Crippen LogP contribution in [-0.4, -0.2) is 28.9 Å². The zero-order chi connectivity index (χ0) is 20.1. The minimum Gasteiger partial charge on any atom is -0.478 e. The van der Waals surface area contributed by atoms with Gasteiger partial charge in [-0.1, -0.05) is 37.6 Å². The number of aromatic carboxylic acids is 1. The first kappa shape index (κ1) is 20.5. The van der Waals surface area contributed by atoms with E-state index in [4.69, 9.17) is 21.1 Å². The summed E-state index contributed by atoms with van der Waals surface area (Å²) in [4.78, 5) is 36.0. The van der Waals surface area contributed by atoms with Crippen LogP contribution in [0.4, 0.5) is 0 Å². The van der Waals surface area contributed by atoms with Crippen LogP contribution in [0, 0.1) is 12.8 Å². The van der Waals surface area contributed by atoms with Gasteiger partial charge in [-0.2, -0.15) is 0 Å². The third-order valence-electron chi connectivity index (χ3n) is 3.99. The number of carbonyl (C=O) groups excluding carboxylic acids is 2.